The predicted molar refractivity (Wildman–Crippen MR) is 121 cm³/mol. The van der Waals surface area contributed by atoms with Crippen molar-refractivity contribution in [3.8, 4) is 0 Å². The molecule has 0 fully saturated rings. The summed E-state index contributed by atoms with van der Waals surface area (Å²) in [6.07, 6.45) is 1.66. The van der Waals surface area contributed by atoms with E-state index in [1.807, 2.05) is 0 Å². The minimum Gasteiger partial charge on any atom is -0.207 e. The van der Waals surface area contributed by atoms with Crippen LogP contribution in [0.25, 0.3) is 11.1 Å². The van der Waals surface area contributed by atoms with E-state index >= 15 is 0 Å². The maximum absolute atomic E-state index is 14.2. The number of benzene rings is 3. The third-order valence-corrected chi connectivity index (χ3v) is 6.30. The van der Waals surface area contributed by atoms with Crippen molar-refractivity contribution in [2.45, 2.75) is 40.0 Å². The summed E-state index contributed by atoms with van der Waals surface area (Å²) in [6.45, 7) is 10.7. The quantitative estimate of drug-likeness (QED) is 0.424. The van der Waals surface area contributed by atoms with Gasteiger partial charge in [-0.15, -0.1) is 0 Å². The van der Waals surface area contributed by atoms with E-state index in [9.17, 15) is 8.78 Å². The van der Waals surface area contributed by atoms with Crippen LogP contribution < -0.4 is 0 Å². The van der Waals surface area contributed by atoms with Crippen LogP contribution in [0.15, 0.2) is 66.7 Å². The number of aryl methyl sites for hydroxylation is 3. The lowest BCUT2D eigenvalue weighted by atomic mass is 9.76. The van der Waals surface area contributed by atoms with Crippen molar-refractivity contribution >= 4 is 11.1 Å². The summed E-state index contributed by atoms with van der Waals surface area (Å²) in [7, 11) is 0. The van der Waals surface area contributed by atoms with E-state index in [2.05, 4.69) is 63.7 Å². The molecule has 1 aliphatic rings. The molecule has 0 heterocycles. The van der Waals surface area contributed by atoms with Crippen LogP contribution in [0.3, 0.4) is 0 Å². The Kier molecular flexibility index (Phi) is 5.42. The van der Waals surface area contributed by atoms with Crippen LogP contribution in [0.4, 0.5) is 8.78 Å². The standard InChI is InChI=1S/C28H26F2/c1-17-11-12-21(15-19(17)3)25-16-22-8-5-7-18(2)28(22)20(4)23(25)13-14-24-26(29)9-6-10-27(24)30/h5-12,15H,4,13-14,16H2,1-3H3. The molecule has 0 atom stereocenters. The smallest absolute Gasteiger partial charge is 0.129 e. The van der Waals surface area contributed by atoms with Crippen LogP contribution in [0.2, 0.25) is 0 Å². The van der Waals surface area contributed by atoms with Crippen LogP contribution in [0, 0.1) is 32.4 Å². The highest BCUT2D eigenvalue weighted by Crippen LogP contribution is 2.42. The van der Waals surface area contributed by atoms with Gasteiger partial charge < -0.3 is 0 Å². The molecule has 0 saturated heterocycles. The first-order valence-electron chi connectivity index (χ1n) is 10.4. The molecule has 3 aromatic carbocycles. The van der Waals surface area contributed by atoms with Crippen LogP contribution in [0.5, 0.6) is 0 Å². The number of allylic oxidation sites excluding steroid dienone is 3. The van der Waals surface area contributed by atoms with Crippen LogP contribution >= 0.6 is 0 Å². The van der Waals surface area contributed by atoms with Crippen LogP contribution in [-0.4, -0.2) is 0 Å². The molecule has 2 heteroatoms. The van der Waals surface area contributed by atoms with Crippen molar-refractivity contribution in [2.24, 2.45) is 0 Å². The highest BCUT2D eigenvalue weighted by molar-refractivity contribution is 5.94. The highest BCUT2D eigenvalue weighted by Gasteiger charge is 2.24. The molecule has 0 saturated carbocycles. The third kappa shape index (κ3) is 3.63. The molecule has 3 aromatic rings. The molecule has 0 amide bonds. The molecule has 0 aromatic heterocycles. The maximum Gasteiger partial charge on any atom is 0.129 e. The summed E-state index contributed by atoms with van der Waals surface area (Å²) >= 11 is 0. The first-order valence-corrected chi connectivity index (χ1v) is 10.4. The second kappa shape index (κ2) is 8.02. The molecule has 0 spiro atoms. The number of halogens is 2. The molecule has 1 aliphatic carbocycles. The molecule has 0 nitrogen and oxygen atoms in total. The average molecular weight is 401 g/mol. The minimum atomic E-state index is -0.485. The Morgan fingerprint density at radius 3 is 2.20 bits per heavy atom. The monoisotopic (exact) mass is 400 g/mol. The van der Waals surface area contributed by atoms with E-state index in [1.165, 1.54) is 51.6 Å². The van der Waals surface area contributed by atoms with Crippen molar-refractivity contribution in [3.05, 3.63) is 117 Å². The Bertz CT molecular complexity index is 1160. The van der Waals surface area contributed by atoms with Gasteiger partial charge in [-0.05, 0) is 102 Å². The zero-order chi connectivity index (χ0) is 21.4. The van der Waals surface area contributed by atoms with Gasteiger partial charge in [-0.2, -0.15) is 0 Å². The Balaban J connectivity index is 1.81. The average Bonchev–Trinajstić information content (AvgIpc) is 2.71. The fraction of sp³-hybridized carbons (Fsp3) is 0.214. The van der Waals surface area contributed by atoms with E-state index in [1.54, 1.807) is 0 Å². The molecule has 0 radical (unpaired) electrons. The molecular formula is C28H26F2. The Morgan fingerprint density at radius 1 is 0.800 bits per heavy atom. The van der Waals surface area contributed by atoms with Gasteiger partial charge in [0, 0.05) is 5.56 Å². The van der Waals surface area contributed by atoms with Gasteiger partial charge >= 0.3 is 0 Å². The Hall–Kier alpha value is -3.00. The van der Waals surface area contributed by atoms with Crippen LogP contribution in [0.1, 0.15) is 45.4 Å². The van der Waals surface area contributed by atoms with Crippen molar-refractivity contribution < 1.29 is 8.78 Å². The number of rotatable bonds is 4. The Labute approximate surface area is 177 Å². The van der Waals surface area contributed by atoms with Gasteiger partial charge in [0.15, 0.2) is 0 Å². The lowest BCUT2D eigenvalue weighted by Gasteiger charge is -2.28. The first kappa shape index (κ1) is 20.3. The van der Waals surface area contributed by atoms with E-state index in [0.717, 1.165) is 23.1 Å². The second-order valence-corrected chi connectivity index (χ2v) is 8.22. The number of fused-ring (bicyclic) bond motifs is 1. The molecule has 0 unspecified atom stereocenters. The van der Waals surface area contributed by atoms with Crippen LogP contribution in [-0.2, 0) is 12.8 Å². The molecule has 0 aliphatic heterocycles. The summed E-state index contributed by atoms with van der Waals surface area (Å²) in [5.74, 6) is -0.970. The SMILES string of the molecule is C=C1C(CCc2c(F)cccc2F)=C(c2ccc(C)c(C)c2)Cc2cccc(C)c21. The number of hydrogen-bond acceptors (Lipinski definition) is 0. The molecular weight excluding hydrogens is 374 g/mol. The van der Waals surface area contributed by atoms with E-state index in [0.29, 0.717) is 12.8 Å². The lowest BCUT2D eigenvalue weighted by Crippen LogP contribution is -2.10. The van der Waals surface area contributed by atoms with Gasteiger partial charge in [-0.25, -0.2) is 8.78 Å². The molecule has 0 N–H and O–H groups in total. The maximum atomic E-state index is 14.2. The lowest BCUT2D eigenvalue weighted by molar-refractivity contribution is 0.555. The largest absolute Gasteiger partial charge is 0.207 e. The summed E-state index contributed by atoms with van der Waals surface area (Å²) < 4.78 is 28.5. The van der Waals surface area contributed by atoms with Gasteiger partial charge in [0.25, 0.3) is 0 Å². The van der Waals surface area contributed by atoms with Gasteiger partial charge in [-0.1, -0.05) is 49.0 Å². The van der Waals surface area contributed by atoms with Crippen molar-refractivity contribution in [3.63, 3.8) is 0 Å². The zero-order valence-corrected chi connectivity index (χ0v) is 17.8. The fourth-order valence-electron chi connectivity index (χ4n) is 4.47. The van der Waals surface area contributed by atoms with Gasteiger partial charge in [-0.3, -0.25) is 0 Å². The summed E-state index contributed by atoms with van der Waals surface area (Å²) in [4.78, 5) is 0. The normalized spacial score (nSPS) is 13.6. The molecule has 152 valence electrons. The van der Waals surface area contributed by atoms with Crippen molar-refractivity contribution in [1.29, 1.82) is 0 Å². The third-order valence-electron chi connectivity index (χ3n) is 6.30. The van der Waals surface area contributed by atoms with Crippen molar-refractivity contribution in [2.75, 3.05) is 0 Å². The van der Waals surface area contributed by atoms with Gasteiger partial charge in [0.1, 0.15) is 11.6 Å². The van der Waals surface area contributed by atoms with Crippen molar-refractivity contribution in [1.82, 2.24) is 0 Å². The fourth-order valence-corrected chi connectivity index (χ4v) is 4.47. The zero-order valence-electron chi connectivity index (χ0n) is 17.8. The highest BCUT2D eigenvalue weighted by atomic mass is 19.1. The first-order chi connectivity index (χ1) is 14.4. The topological polar surface area (TPSA) is 0 Å². The summed E-state index contributed by atoms with van der Waals surface area (Å²) in [5, 5.41) is 0. The van der Waals surface area contributed by atoms with Gasteiger partial charge in [0.05, 0.1) is 0 Å². The van der Waals surface area contributed by atoms with E-state index in [-0.39, 0.29) is 5.56 Å². The van der Waals surface area contributed by atoms with Gasteiger partial charge in [0.2, 0.25) is 0 Å². The van der Waals surface area contributed by atoms with E-state index < -0.39 is 11.6 Å². The Morgan fingerprint density at radius 2 is 1.50 bits per heavy atom. The summed E-state index contributed by atoms with van der Waals surface area (Å²) in [5.41, 5.74) is 10.7. The van der Waals surface area contributed by atoms with E-state index in [4.69, 9.17) is 0 Å². The predicted octanol–water partition coefficient (Wildman–Crippen LogP) is 7.55. The second-order valence-electron chi connectivity index (χ2n) is 8.22. The molecule has 30 heavy (non-hydrogen) atoms. The summed E-state index contributed by atoms with van der Waals surface area (Å²) in [6, 6.07) is 16.9. The number of hydrogen-bond donors (Lipinski definition) is 0. The molecule has 0 bridgehead atoms. The minimum absolute atomic E-state index is 0.146. The molecule has 4 rings (SSSR count).